The van der Waals surface area contributed by atoms with Crippen LogP contribution < -0.4 is 0 Å². The van der Waals surface area contributed by atoms with Crippen LogP contribution in [0.1, 0.15) is 79.6 Å². The van der Waals surface area contributed by atoms with Gasteiger partial charge >= 0.3 is 5.97 Å². The first-order valence-corrected chi connectivity index (χ1v) is 7.39. The van der Waals surface area contributed by atoms with Gasteiger partial charge in [0.1, 0.15) is 11.3 Å². The van der Waals surface area contributed by atoms with Crippen LogP contribution in [0.5, 0.6) is 0 Å². The van der Waals surface area contributed by atoms with Crippen molar-refractivity contribution in [2.24, 2.45) is 5.41 Å². The number of aryl methyl sites for hydroxylation is 1. The standard InChI is InChI=1S/C15H21NO3/c1-2-5-11-12(14(17)18)13(16-19-11)10-6-3-4-7-15(10)8-9-15/h10H,2-9H2,1H3,(H,17,18). The predicted octanol–water partition coefficient (Wildman–Crippen LogP) is 3.76. The van der Waals surface area contributed by atoms with Crippen molar-refractivity contribution in [2.75, 3.05) is 0 Å². The summed E-state index contributed by atoms with van der Waals surface area (Å²) in [5.41, 5.74) is 1.44. The van der Waals surface area contributed by atoms with Gasteiger partial charge < -0.3 is 9.63 Å². The molecule has 1 N–H and O–H groups in total. The molecule has 0 radical (unpaired) electrons. The van der Waals surface area contributed by atoms with Crippen LogP contribution >= 0.6 is 0 Å². The Hall–Kier alpha value is -1.32. The van der Waals surface area contributed by atoms with E-state index in [1.54, 1.807) is 0 Å². The van der Waals surface area contributed by atoms with Crippen molar-refractivity contribution >= 4 is 5.97 Å². The molecule has 104 valence electrons. The van der Waals surface area contributed by atoms with Crippen molar-refractivity contribution in [3.8, 4) is 0 Å². The van der Waals surface area contributed by atoms with Gasteiger partial charge in [0, 0.05) is 12.3 Å². The van der Waals surface area contributed by atoms with Gasteiger partial charge in [-0.1, -0.05) is 24.9 Å². The van der Waals surface area contributed by atoms with Gasteiger partial charge in [0.25, 0.3) is 0 Å². The lowest BCUT2D eigenvalue weighted by molar-refractivity contribution is 0.0691. The summed E-state index contributed by atoms with van der Waals surface area (Å²) < 4.78 is 5.34. The third-order valence-corrected chi connectivity index (χ3v) is 4.86. The first kappa shape index (κ1) is 12.7. The molecule has 1 unspecified atom stereocenters. The largest absolute Gasteiger partial charge is 0.477 e. The van der Waals surface area contributed by atoms with Gasteiger partial charge in [-0.3, -0.25) is 0 Å². The first-order chi connectivity index (χ1) is 9.18. The number of aromatic carboxylic acids is 1. The maximum absolute atomic E-state index is 11.6. The van der Waals surface area contributed by atoms with Gasteiger partial charge in [0.2, 0.25) is 0 Å². The van der Waals surface area contributed by atoms with Gasteiger partial charge in [-0.15, -0.1) is 0 Å². The van der Waals surface area contributed by atoms with E-state index >= 15 is 0 Å². The van der Waals surface area contributed by atoms with Crippen LogP contribution in [-0.2, 0) is 6.42 Å². The Kier molecular flexibility index (Phi) is 3.11. The highest BCUT2D eigenvalue weighted by Gasteiger charge is 2.52. The number of aromatic nitrogens is 1. The molecule has 1 spiro atoms. The number of rotatable bonds is 4. The van der Waals surface area contributed by atoms with E-state index in [9.17, 15) is 9.90 Å². The molecule has 1 aromatic rings. The zero-order chi connectivity index (χ0) is 13.5. The van der Waals surface area contributed by atoms with E-state index in [1.807, 2.05) is 6.92 Å². The van der Waals surface area contributed by atoms with Crippen molar-refractivity contribution in [3.05, 3.63) is 17.0 Å². The van der Waals surface area contributed by atoms with Crippen LogP contribution in [0, 0.1) is 5.41 Å². The third kappa shape index (κ3) is 2.07. The molecule has 1 atom stereocenters. The highest BCUT2D eigenvalue weighted by molar-refractivity contribution is 5.90. The van der Waals surface area contributed by atoms with Crippen LogP contribution in [-0.4, -0.2) is 16.2 Å². The second kappa shape index (κ2) is 4.66. The minimum Gasteiger partial charge on any atom is -0.477 e. The Morgan fingerprint density at radius 3 is 2.84 bits per heavy atom. The van der Waals surface area contributed by atoms with E-state index in [4.69, 9.17) is 4.52 Å². The second-order valence-corrected chi connectivity index (χ2v) is 6.08. The van der Waals surface area contributed by atoms with Crippen LogP contribution in [0.25, 0.3) is 0 Å². The summed E-state index contributed by atoms with van der Waals surface area (Å²) in [6.45, 7) is 2.02. The molecule has 0 saturated heterocycles. The van der Waals surface area contributed by atoms with Crippen molar-refractivity contribution in [1.82, 2.24) is 5.16 Å². The van der Waals surface area contributed by atoms with Gasteiger partial charge in [0.05, 0.1) is 0 Å². The lowest BCUT2D eigenvalue weighted by Crippen LogP contribution is -2.21. The van der Waals surface area contributed by atoms with Gasteiger partial charge in [-0.2, -0.15) is 0 Å². The predicted molar refractivity (Wildman–Crippen MR) is 70.3 cm³/mol. The summed E-state index contributed by atoms with van der Waals surface area (Å²) in [6, 6.07) is 0. The molecule has 19 heavy (non-hydrogen) atoms. The van der Waals surface area contributed by atoms with E-state index in [2.05, 4.69) is 5.16 Å². The lowest BCUT2D eigenvalue weighted by Gasteiger charge is -2.30. The molecule has 3 rings (SSSR count). The lowest BCUT2D eigenvalue weighted by atomic mass is 9.73. The van der Waals surface area contributed by atoms with Crippen LogP contribution in [0.2, 0.25) is 0 Å². The fourth-order valence-electron chi connectivity index (χ4n) is 3.69. The Balaban J connectivity index is 1.97. The zero-order valence-electron chi connectivity index (χ0n) is 11.4. The molecule has 0 aliphatic heterocycles. The number of carboxylic acids is 1. The topological polar surface area (TPSA) is 63.3 Å². The molecule has 0 bridgehead atoms. The average molecular weight is 263 g/mol. The summed E-state index contributed by atoms with van der Waals surface area (Å²) in [4.78, 5) is 11.6. The maximum atomic E-state index is 11.6. The molecular formula is C15H21NO3. The summed E-state index contributed by atoms with van der Waals surface area (Å²) >= 11 is 0. The molecule has 1 aromatic heterocycles. The molecule has 2 aliphatic rings. The summed E-state index contributed by atoms with van der Waals surface area (Å²) in [6.07, 6.45) is 8.75. The Labute approximate surface area is 113 Å². The molecule has 2 fully saturated rings. The van der Waals surface area contributed by atoms with Crippen LogP contribution in [0.4, 0.5) is 0 Å². The highest BCUT2D eigenvalue weighted by Crippen LogP contribution is 2.63. The number of hydrogen-bond donors (Lipinski definition) is 1. The molecule has 0 aromatic carbocycles. The maximum Gasteiger partial charge on any atom is 0.341 e. The van der Waals surface area contributed by atoms with E-state index in [-0.39, 0.29) is 0 Å². The second-order valence-electron chi connectivity index (χ2n) is 6.08. The summed E-state index contributed by atoms with van der Waals surface area (Å²) in [5, 5.41) is 13.6. The summed E-state index contributed by atoms with van der Waals surface area (Å²) in [7, 11) is 0. The van der Waals surface area contributed by atoms with Crippen molar-refractivity contribution < 1.29 is 14.4 Å². The Morgan fingerprint density at radius 1 is 1.42 bits per heavy atom. The zero-order valence-corrected chi connectivity index (χ0v) is 11.4. The Bertz CT molecular complexity index is 488. The highest BCUT2D eigenvalue weighted by atomic mass is 16.5. The average Bonchev–Trinajstić information content (AvgIpc) is 3.01. The molecule has 4 heteroatoms. The van der Waals surface area contributed by atoms with Gasteiger partial charge in [-0.05, 0) is 37.5 Å². The SMILES string of the molecule is CCCc1onc(C2CCCCC23CC3)c1C(=O)O. The fourth-order valence-corrected chi connectivity index (χ4v) is 3.69. The van der Waals surface area contributed by atoms with Gasteiger partial charge in [0.15, 0.2) is 5.76 Å². The van der Waals surface area contributed by atoms with E-state index in [0.717, 1.165) is 18.5 Å². The smallest absolute Gasteiger partial charge is 0.341 e. The van der Waals surface area contributed by atoms with Crippen molar-refractivity contribution in [1.29, 1.82) is 0 Å². The summed E-state index contributed by atoms with van der Waals surface area (Å²) in [5.74, 6) is -0.00541. The molecule has 2 saturated carbocycles. The normalized spacial score (nSPS) is 24.6. The van der Waals surface area contributed by atoms with Crippen molar-refractivity contribution in [2.45, 2.75) is 64.2 Å². The quantitative estimate of drug-likeness (QED) is 0.898. The minimum absolute atomic E-state index is 0.307. The Morgan fingerprint density at radius 2 is 2.21 bits per heavy atom. The minimum atomic E-state index is -0.874. The third-order valence-electron chi connectivity index (χ3n) is 4.86. The molecule has 2 aliphatic carbocycles. The number of carbonyl (C=O) groups is 1. The molecule has 1 heterocycles. The number of carboxylic acid groups (broad SMARTS) is 1. The van der Waals surface area contributed by atoms with Crippen molar-refractivity contribution in [3.63, 3.8) is 0 Å². The molecule has 4 nitrogen and oxygen atoms in total. The van der Waals surface area contributed by atoms with E-state index in [1.165, 1.54) is 32.1 Å². The van der Waals surface area contributed by atoms with E-state index in [0.29, 0.717) is 29.1 Å². The molecule has 0 amide bonds. The van der Waals surface area contributed by atoms with Crippen LogP contribution in [0.3, 0.4) is 0 Å². The molecular weight excluding hydrogens is 242 g/mol. The fraction of sp³-hybridized carbons (Fsp3) is 0.733. The van der Waals surface area contributed by atoms with Gasteiger partial charge in [-0.25, -0.2) is 4.79 Å². The van der Waals surface area contributed by atoms with E-state index < -0.39 is 5.97 Å². The first-order valence-electron chi connectivity index (χ1n) is 7.39. The number of nitrogens with zero attached hydrogens (tertiary/aromatic N) is 1. The van der Waals surface area contributed by atoms with Crippen LogP contribution in [0.15, 0.2) is 4.52 Å². The monoisotopic (exact) mass is 263 g/mol. The number of hydrogen-bond acceptors (Lipinski definition) is 3.